The van der Waals surface area contributed by atoms with Crippen molar-refractivity contribution in [2.75, 3.05) is 37.7 Å². The van der Waals surface area contributed by atoms with Gasteiger partial charge < -0.3 is 20.2 Å². The van der Waals surface area contributed by atoms with Crippen LogP contribution in [0.3, 0.4) is 0 Å². The number of nitrogens with one attached hydrogen (secondary N) is 1. The number of hydrogen-bond acceptors (Lipinski definition) is 5. The second-order valence-corrected chi connectivity index (χ2v) is 6.78. The summed E-state index contributed by atoms with van der Waals surface area (Å²) in [7, 11) is 0. The van der Waals surface area contributed by atoms with Crippen molar-refractivity contribution in [3.8, 4) is 0 Å². The van der Waals surface area contributed by atoms with Crippen LogP contribution in [0.4, 0.5) is 9.93 Å². The summed E-state index contributed by atoms with van der Waals surface area (Å²) in [4.78, 5) is 20.8. The zero-order valence-corrected chi connectivity index (χ0v) is 13.6. The molecule has 22 heavy (non-hydrogen) atoms. The normalized spacial score (nSPS) is 17.8. The third-order valence-electron chi connectivity index (χ3n) is 4.16. The van der Waals surface area contributed by atoms with E-state index in [-0.39, 0.29) is 12.6 Å². The van der Waals surface area contributed by atoms with Crippen molar-refractivity contribution >= 4 is 22.5 Å². The number of aromatic nitrogens is 1. The first-order valence-corrected chi connectivity index (χ1v) is 9.00. The van der Waals surface area contributed by atoms with Gasteiger partial charge in [0.15, 0.2) is 5.13 Å². The molecule has 1 saturated carbocycles. The summed E-state index contributed by atoms with van der Waals surface area (Å²) in [5.74, 6) is 0. The molecule has 0 atom stereocenters. The van der Waals surface area contributed by atoms with E-state index in [9.17, 15) is 4.79 Å². The number of carbonyl (C=O) groups excluding carboxylic acids is 1. The van der Waals surface area contributed by atoms with Gasteiger partial charge in [0, 0.05) is 44.0 Å². The Morgan fingerprint density at radius 2 is 2.23 bits per heavy atom. The standard InChI is InChI=1S/C15H24N4O2S/c20-10-9-19(13-3-4-13)14(21)16-6-5-12-11-22-15(17-12)18-7-1-2-8-18/h11,13,20H,1-10H2,(H,16,21). The van der Waals surface area contributed by atoms with Crippen molar-refractivity contribution in [3.05, 3.63) is 11.1 Å². The molecule has 0 unspecified atom stereocenters. The molecule has 3 rings (SSSR count). The molecule has 1 aromatic heterocycles. The number of carbonyl (C=O) groups is 1. The number of aliphatic hydroxyl groups excluding tert-OH is 1. The van der Waals surface area contributed by atoms with E-state index in [2.05, 4.69) is 20.6 Å². The molecule has 6 nitrogen and oxygen atoms in total. The van der Waals surface area contributed by atoms with Gasteiger partial charge >= 0.3 is 6.03 Å². The molecule has 1 aliphatic heterocycles. The fourth-order valence-electron chi connectivity index (χ4n) is 2.81. The van der Waals surface area contributed by atoms with Crippen LogP contribution in [-0.2, 0) is 6.42 Å². The summed E-state index contributed by atoms with van der Waals surface area (Å²) in [5.41, 5.74) is 1.05. The highest BCUT2D eigenvalue weighted by Gasteiger charge is 2.31. The van der Waals surface area contributed by atoms with Gasteiger partial charge in [0.2, 0.25) is 0 Å². The molecule has 1 aromatic rings. The van der Waals surface area contributed by atoms with Gasteiger partial charge in [0.05, 0.1) is 12.3 Å². The van der Waals surface area contributed by atoms with Crippen molar-refractivity contribution < 1.29 is 9.90 Å². The lowest BCUT2D eigenvalue weighted by atomic mass is 10.3. The Bertz CT molecular complexity index is 497. The minimum absolute atomic E-state index is 0.0230. The number of thiazole rings is 1. The summed E-state index contributed by atoms with van der Waals surface area (Å²) in [6, 6.07) is 0.264. The highest BCUT2D eigenvalue weighted by molar-refractivity contribution is 7.13. The third kappa shape index (κ3) is 3.89. The number of nitrogens with zero attached hydrogens (tertiary/aromatic N) is 3. The van der Waals surface area contributed by atoms with E-state index in [4.69, 9.17) is 5.11 Å². The lowest BCUT2D eigenvalue weighted by Gasteiger charge is -2.21. The first kappa shape index (κ1) is 15.6. The lowest BCUT2D eigenvalue weighted by Crippen LogP contribution is -2.43. The predicted octanol–water partition coefficient (Wildman–Crippen LogP) is 1.45. The molecule has 2 N–H and O–H groups in total. The maximum atomic E-state index is 12.1. The van der Waals surface area contributed by atoms with Gasteiger partial charge in [-0.15, -0.1) is 11.3 Å². The number of urea groups is 1. The maximum absolute atomic E-state index is 12.1. The van der Waals surface area contributed by atoms with Gasteiger partial charge in [-0.3, -0.25) is 0 Å². The zero-order valence-electron chi connectivity index (χ0n) is 12.8. The first-order chi connectivity index (χ1) is 10.8. The highest BCUT2D eigenvalue weighted by atomic mass is 32.1. The molecular weight excluding hydrogens is 300 g/mol. The molecule has 122 valence electrons. The average Bonchev–Trinajstić information content (AvgIpc) is 3.02. The summed E-state index contributed by atoms with van der Waals surface area (Å²) in [6.45, 7) is 3.26. The average molecular weight is 324 g/mol. The van der Waals surface area contributed by atoms with Crippen LogP contribution in [0.5, 0.6) is 0 Å². The first-order valence-electron chi connectivity index (χ1n) is 8.12. The SMILES string of the molecule is O=C(NCCc1csc(N2CCCC2)n1)N(CCO)C1CC1. The third-order valence-corrected chi connectivity index (χ3v) is 5.11. The molecule has 2 aliphatic rings. The molecule has 7 heteroatoms. The van der Waals surface area contributed by atoms with Crippen LogP contribution in [0.1, 0.15) is 31.4 Å². The van der Waals surface area contributed by atoms with E-state index in [1.807, 2.05) is 0 Å². The monoisotopic (exact) mass is 324 g/mol. The second kappa shape index (κ2) is 7.28. The van der Waals surface area contributed by atoms with E-state index >= 15 is 0 Å². The fraction of sp³-hybridized carbons (Fsp3) is 0.733. The maximum Gasteiger partial charge on any atom is 0.317 e. The van der Waals surface area contributed by atoms with Gasteiger partial charge in [-0.1, -0.05) is 0 Å². The Morgan fingerprint density at radius 1 is 1.45 bits per heavy atom. The largest absolute Gasteiger partial charge is 0.395 e. The van der Waals surface area contributed by atoms with Gasteiger partial charge in [-0.25, -0.2) is 9.78 Å². The lowest BCUT2D eigenvalue weighted by molar-refractivity contribution is 0.174. The van der Waals surface area contributed by atoms with Crippen molar-refractivity contribution in [2.24, 2.45) is 0 Å². The molecule has 2 fully saturated rings. The Kier molecular flexibility index (Phi) is 5.15. The van der Waals surface area contributed by atoms with Crippen molar-refractivity contribution in [2.45, 2.75) is 38.1 Å². The summed E-state index contributed by atoms with van der Waals surface area (Å²) < 4.78 is 0. The molecule has 0 spiro atoms. The predicted molar refractivity (Wildman–Crippen MR) is 87.5 cm³/mol. The quantitative estimate of drug-likeness (QED) is 0.796. The molecule has 0 aromatic carbocycles. The smallest absolute Gasteiger partial charge is 0.317 e. The van der Waals surface area contributed by atoms with Crippen LogP contribution in [-0.4, -0.2) is 59.8 Å². The minimum Gasteiger partial charge on any atom is -0.395 e. The summed E-state index contributed by atoms with van der Waals surface area (Å²) in [6.07, 6.45) is 5.38. The summed E-state index contributed by atoms with van der Waals surface area (Å²) >= 11 is 1.69. The minimum atomic E-state index is -0.0634. The van der Waals surface area contributed by atoms with Gasteiger partial charge in [0.1, 0.15) is 0 Å². The van der Waals surface area contributed by atoms with E-state index in [1.165, 1.54) is 12.8 Å². The highest BCUT2D eigenvalue weighted by Crippen LogP contribution is 2.26. The van der Waals surface area contributed by atoms with Crippen LogP contribution in [0, 0.1) is 0 Å². The molecule has 0 radical (unpaired) electrons. The van der Waals surface area contributed by atoms with Crippen LogP contribution in [0.2, 0.25) is 0 Å². The van der Waals surface area contributed by atoms with Crippen LogP contribution < -0.4 is 10.2 Å². The molecule has 1 aliphatic carbocycles. The Morgan fingerprint density at radius 3 is 2.91 bits per heavy atom. The fourth-order valence-corrected chi connectivity index (χ4v) is 3.72. The second-order valence-electron chi connectivity index (χ2n) is 5.95. The molecule has 0 bridgehead atoms. The van der Waals surface area contributed by atoms with Crippen LogP contribution in [0.25, 0.3) is 0 Å². The van der Waals surface area contributed by atoms with Gasteiger partial charge in [-0.05, 0) is 25.7 Å². The summed E-state index contributed by atoms with van der Waals surface area (Å²) in [5, 5.41) is 15.2. The Labute approximate surface area is 135 Å². The number of aliphatic hydroxyl groups is 1. The molecule has 2 amide bonds. The van der Waals surface area contributed by atoms with E-state index in [0.717, 1.165) is 43.2 Å². The van der Waals surface area contributed by atoms with E-state index in [0.29, 0.717) is 19.1 Å². The van der Waals surface area contributed by atoms with Crippen molar-refractivity contribution in [3.63, 3.8) is 0 Å². The van der Waals surface area contributed by atoms with Gasteiger partial charge in [-0.2, -0.15) is 0 Å². The number of amides is 2. The van der Waals surface area contributed by atoms with E-state index in [1.54, 1.807) is 16.2 Å². The number of rotatable bonds is 7. The number of anilines is 1. The van der Waals surface area contributed by atoms with Crippen molar-refractivity contribution in [1.82, 2.24) is 15.2 Å². The Hall–Kier alpha value is -1.34. The van der Waals surface area contributed by atoms with E-state index < -0.39 is 0 Å². The molecular formula is C15H24N4O2S. The van der Waals surface area contributed by atoms with Crippen LogP contribution in [0.15, 0.2) is 5.38 Å². The number of hydrogen-bond donors (Lipinski definition) is 2. The van der Waals surface area contributed by atoms with Gasteiger partial charge in [0.25, 0.3) is 0 Å². The molecule has 1 saturated heterocycles. The zero-order chi connectivity index (χ0) is 15.4. The molecule has 2 heterocycles. The van der Waals surface area contributed by atoms with Crippen LogP contribution >= 0.6 is 11.3 Å². The van der Waals surface area contributed by atoms with Crippen molar-refractivity contribution in [1.29, 1.82) is 0 Å². The topological polar surface area (TPSA) is 68.7 Å². The Balaban J connectivity index is 1.43.